The average Bonchev–Trinajstić information content (AvgIpc) is 3.44. The molecule has 1 aromatic heterocycles. The Morgan fingerprint density at radius 1 is 1.06 bits per heavy atom. The van der Waals surface area contributed by atoms with Gasteiger partial charge in [-0.25, -0.2) is 0 Å². The molecule has 0 spiro atoms. The third-order valence-corrected chi connectivity index (χ3v) is 7.01. The van der Waals surface area contributed by atoms with Crippen LogP contribution in [0, 0.1) is 0 Å². The van der Waals surface area contributed by atoms with Gasteiger partial charge in [0.1, 0.15) is 0 Å². The number of hydrogen-bond donors (Lipinski definition) is 2. The Morgan fingerprint density at radius 2 is 1.79 bits per heavy atom. The second kappa shape index (κ2) is 9.14. The van der Waals surface area contributed by atoms with E-state index < -0.39 is 0 Å². The Kier molecular flexibility index (Phi) is 6.04. The lowest BCUT2D eigenvalue weighted by atomic mass is 9.90. The van der Waals surface area contributed by atoms with E-state index in [1.165, 1.54) is 0 Å². The lowest BCUT2D eigenvalue weighted by Gasteiger charge is -2.31. The number of hydrogen-bond acceptors (Lipinski definition) is 6. The van der Waals surface area contributed by atoms with Gasteiger partial charge < -0.3 is 24.5 Å². The maximum absolute atomic E-state index is 12.4. The van der Waals surface area contributed by atoms with E-state index in [0.717, 1.165) is 42.1 Å². The van der Waals surface area contributed by atoms with Crippen molar-refractivity contribution < 1.29 is 19.4 Å². The van der Waals surface area contributed by atoms with Gasteiger partial charge in [-0.3, -0.25) is 9.79 Å². The number of benzene rings is 2. The van der Waals surface area contributed by atoms with E-state index in [0.29, 0.717) is 40.8 Å². The molecule has 1 aliphatic heterocycles. The fraction of sp³-hybridized carbons (Fsp3) is 0.407. The first kappa shape index (κ1) is 22.5. The van der Waals surface area contributed by atoms with Crippen molar-refractivity contribution in [1.29, 1.82) is 0 Å². The Bertz CT molecular complexity index is 1250. The fourth-order valence-electron chi connectivity index (χ4n) is 5.01. The lowest BCUT2D eigenvalue weighted by Crippen LogP contribution is -2.33. The molecule has 2 aliphatic rings. The van der Waals surface area contributed by atoms with Gasteiger partial charge in [-0.1, -0.05) is 6.92 Å². The third-order valence-electron chi connectivity index (χ3n) is 7.01. The van der Waals surface area contributed by atoms with Gasteiger partial charge in [0, 0.05) is 34.5 Å². The molecule has 3 aromatic rings. The van der Waals surface area contributed by atoms with Crippen molar-refractivity contribution >= 4 is 22.4 Å². The van der Waals surface area contributed by atoms with Crippen LogP contribution in [0.5, 0.6) is 17.4 Å². The molecule has 0 amide bonds. The molecule has 7 nitrogen and oxygen atoms in total. The number of aliphatic imine (C=N–C) groups is 1. The summed E-state index contributed by atoms with van der Waals surface area (Å²) in [5.74, 6) is 1.49. The van der Waals surface area contributed by atoms with E-state index in [1.807, 2.05) is 37.3 Å². The number of carbonyl (C=O) groups excluding carboxylic acids is 1. The summed E-state index contributed by atoms with van der Waals surface area (Å²) in [6.07, 6.45) is 4.57. The molecule has 2 N–H and O–H groups in total. The van der Waals surface area contributed by atoms with Gasteiger partial charge in [0.05, 0.1) is 17.3 Å². The maximum Gasteiger partial charge on any atom is 0.231 e. The number of H-pyrrole nitrogens is 1. The maximum atomic E-state index is 12.4. The zero-order chi connectivity index (χ0) is 23.8. The lowest BCUT2D eigenvalue weighted by molar-refractivity contribution is 0.0988. The van der Waals surface area contributed by atoms with Gasteiger partial charge in [-0.05, 0) is 76.2 Å². The number of aromatic hydroxyl groups is 1. The molecule has 2 aromatic carbocycles. The first-order valence-electron chi connectivity index (χ1n) is 12.0. The molecule has 7 heteroatoms. The normalized spacial score (nSPS) is 20.3. The molecule has 0 radical (unpaired) electrons. The summed E-state index contributed by atoms with van der Waals surface area (Å²) in [5.41, 5.74) is 3.57. The van der Waals surface area contributed by atoms with Crippen molar-refractivity contribution in [3.05, 3.63) is 53.1 Å². The highest BCUT2D eigenvalue weighted by Crippen LogP contribution is 2.37. The SMILES string of the molecule is CCC(=O)c1ccc2[nH]c(O)c(C(=NC3CCC(N(C)C)CC3)c3ccc4c(c3)OCO4)c2c1. The number of carbonyl (C=O) groups is 1. The zero-order valence-electron chi connectivity index (χ0n) is 19.9. The third kappa shape index (κ3) is 4.16. The van der Waals surface area contributed by atoms with Crippen LogP contribution in [0.4, 0.5) is 0 Å². The summed E-state index contributed by atoms with van der Waals surface area (Å²) in [6.45, 7) is 2.05. The minimum absolute atomic E-state index is 0.0505. The van der Waals surface area contributed by atoms with Crippen molar-refractivity contribution in [3.8, 4) is 17.4 Å². The van der Waals surface area contributed by atoms with Gasteiger partial charge >= 0.3 is 0 Å². The number of ether oxygens (including phenoxy) is 2. The number of nitrogens with zero attached hydrogens (tertiary/aromatic N) is 2. The van der Waals surface area contributed by atoms with Crippen LogP contribution < -0.4 is 9.47 Å². The first-order chi connectivity index (χ1) is 16.4. The molecule has 0 saturated heterocycles. The number of ketones is 1. The number of aromatic nitrogens is 1. The highest BCUT2D eigenvalue weighted by molar-refractivity contribution is 6.22. The molecule has 5 rings (SSSR count). The summed E-state index contributed by atoms with van der Waals surface area (Å²) in [5, 5.41) is 11.8. The van der Waals surface area contributed by atoms with Gasteiger partial charge in [-0.15, -0.1) is 0 Å². The van der Waals surface area contributed by atoms with E-state index in [1.54, 1.807) is 6.07 Å². The van der Waals surface area contributed by atoms with Crippen molar-refractivity contribution in [1.82, 2.24) is 9.88 Å². The molecule has 2 heterocycles. The van der Waals surface area contributed by atoms with E-state index in [-0.39, 0.29) is 24.5 Å². The topological polar surface area (TPSA) is 87.2 Å². The first-order valence-corrected chi connectivity index (χ1v) is 12.0. The zero-order valence-corrected chi connectivity index (χ0v) is 19.9. The highest BCUT2D eigenvalue weighted by atomic mass is 16.7. The molecule has 34 heavy (non-hydrogen) atoms. The van der Waals surface area contributed by atoms with Crippen LogP contribution in [0.2, 0.25) is 0 Å². The Hall–Kier alpha value is -3.32. The number of Topliss-reactive ketones (excluding diaryl/α,β-unsaturated/α-hetero) is 1. The molecule has 0 bridgehead atoms. The Morgan fingerprint density at radius 3 is 2.53 bits per heavy atom. The van der Waals surface area contributed by atoms with Crippen molar-refractivity contribution in [2.75, 3.05) is 20.9 Å². The molecule has 0 unspecified atom stereocenters. The van der Waals surface area contributed by atoms with Crippen LogP contribution >= 0.6 is 0 Å². The highest BCUT2D eigenvalue weighted by Gasteiger charge is 2.26. The smallest absolute Gasteiger partial charge is 0.231 e. The van der Waals surface area contributed by atoms with Gasteiger partial charge in [0.2, 0.25) is 6.79 Å². The van der Waals surface area contributed by atoms with Crippen molar-refractivity contribution in [2.24, 2.45) is 4.99 Å². The molecular formula is C27H31N3O4. The van der Waals surface area contributed by atoms with Gasteiger partial charge in [-0.2, -0.15) is 0 Å². The predicted octanol–water partition coefficient (Wildman–Crippen LogP) is 4.91. The van der Waals surface area contributed by atoms with E-state index in [9.17, 15) is 9.90 Å². The summed E-state index contributed by atoms with van der Waals surface area (Å²) in [6, 6.07) is 12.0. The van der Waals surface area contributed by atoms with E-state index in [4.69, 9.17) is 14.5 Å². The molecule has 1 saturated carbocycles. The van der Waals surface area contributed by atoms with Crippen LogP contribution in [-0.2, 0) is 0 Å². The quantitative estimate of drug-likeness (QED) is 0.403. The minimum Gasteiger partial charge on any atom is -0.494 e. The summed E-state index contributed by atoms with van der Waals surface area (Å²) >= 11 is 0. The van der Waals surface area contributed by atoms with Gasteiger partial charge in [0.25, 0.3) is 0 Å². The summed E-state index contributed by atoms with van der Waals surface area (Å²) in [4.78, 5) is 23.0. The van der Waals surface area contributed by atoms with Crippen LogP contribution in [0.1, 0.15) is 60.5 Å². The number of aromatic amines is 1. The number of nitrogens with one attached hydrogen (secondary N) is 1. The summed E-state index contributed by atoms with van der Waals surface area (Å²) < 4.78 is 11.1. The number of fused-ring (bicyclic) bond motifs is 2. The molecule has 1 aliphatic carbocycles. The Balaban J connectivity index is 1.62. The van der Waals surface area contributed by atoms with E-state index in [2.05, 4.69) is 24.0 Å². The average molecular weight is 462 g/mol. The largest absolute Gasteiger partial charge is 0.494 e. The second-order valence-corrected chi connectivity index (χ2v) is 9.36. The second-order valence-electron chi connectivity index (χ2n) is 9.36. The van der Waals surface area contributed by atoms with Gasteiger partial charge in [0.15, 0.2) is 23.2 Å². The summed E-state index contributed by atoms with van der Waals surface area (Å²) in [7, 11) is 4.26. The fourth-order valence-corrected chi connectivity index (χ4v) is 5.01. The van der Waals surface area contributed by atoms with Crippen LogP contribution in [-0.4, -0.2) is 59.5 Å². The Labute approximate surface area is 199 Å². The number of rotatable bonds is 6. The van der Waals surface area contributed by atoms with Crippen molar-refractivity contribution in [2.45, 2.75) is 51.1 Å². The van der Waals surface area contributed by atoms with Crippen molar-refractivity contribution in [3.63, 3.8) is 0 Å². The molecule has 0 atom stereocenters. The minimum atomic E-state index is 0.0505. The van der Waals surface area contributed by atoms with Crippen LogP contribution in [0.15, 0.2) is 41.4 Å². The molecular weight excluding hydrogens is 430 g/mol. The molecule has 1 fully saturated rings. The monoisotopic (exact) mass is 461 g/mol. The van der Waals surface area contributed by atoms with Crippen LogP contribution in [0.3, 0.4) is 0 Å². The molecule has 178 valence electrons. The standard InChI is InChI=1S/C27H31N3O4/c1-4-22(31)16-5-11-21-20(13-16)25(27(32)29-21)26(17-6-12-23-24(14-17)34-15-33-23)28-18-7-9-19(10-8-18)30(2)3/h5-6,11-14,18-19,29,32H,4,7-10,15H2,1-3H3. The van der Waals surface area contributed by atoms with E-state index >= 15 is 0 Å². The predicted molar refractivity (Wildman–Crippen MR) is 133 cm³/mol. The van der Waals surface area contributed by atoms with Crippen LogP contribution in [0.25, 0.3) is 10.9 Å².